The van der Waals surface area contributed by atoms with Gasteiger partial charge in [-0.05, 0) is 52.2 Å². The quantitative estimate of drug-likeness (QED) is 0.342. The van der Waals surface area contributed by atoms with Crippen molar-refractivity contribution in [3.05, 3.63) is 35.4 Å². The van der Waals surface area contributed by atoms with E-state index in [1.807, 2.05) is 18.2 Å². The first-order valence-electron chi connectivity index (χ1n) is 8.66. The van der Waals surface area contributed by atoms with E-state index in [9.17, 15) is 0 Å². The third-order valence-corrected chi connectivity index (χ3v) is 4.37. The van der Waals surface area contributed by atoms with Crippen molar-refractivity contribution >= 4 is 0 Å². The van der Waals surface area contributed by atoms with Crippen LogP contribution >= 0.6 is 0 Å². The fourth-order valence-corrected chi connectivity index (χ4v) is 2.74. The molecule has 1 fully saturated rings. The second-order valence-electron chi connectivity index (χ2n) is 6.84. The summed E-state index contributed by atoms with van der Waals surface area (Å²) in [6.45, 7) is 6.85. The van der Waals surface area contributed by atoms with Crippen LogP contribution in [0.2, 0.25) is 0 Å². The molecule has 1 aliphatic heterocycles. The molecule has 140 valence electrons. The highest BCUT2D eigenvalue weighted by atomic mass is 16.7. The van der Waals surface area contributed by atoms with E-state index in [1.54, 1.807) is 14.2 Å². The van der Waals surface area contributed by atoms with Crippen LogP contribution in [0.5, 0.6) is 11.5 Å². The first-order chi connectivity index (χ1) is 12.0. The highest BCUT2D eigenvalue weighted by molar-refractivity contribution is 5.46. The van der Waals surface area contributed by atoms with Crippen LogP contribution in [0.15, 0.2) is 29.8 Å². The molecule has 0 aliphatic carbocycles. The molecule has 0 aromatic heterocycles. The number of hydrogen-bond donors (Lipinski definition) is 0. The van der Waals surface area contributed by atoms with E-state index in [1.165, 1.54) is 5.57 Å². The molecule has 1 saturated heterocycles. The molecule has 25 heavy (non-hydrogen) atoms. The molecule has 1 aromatic carbocycles. The third-order valence-electron chi connectivity index (χ3n) is 4.37. The van der Waals surface area contributed by atoms with E-state index in [4.69, 9.17) is 23.7 Å². The molecule has 0 saturated carbocycles. The highest BCUT2D eigenvalue weighted by Gasteiger charge is 2.46. The maximum Gasteiger partial charge on any atom is 0.188 e. The molecule has 1 unspecified atom stereocenters. The van der Waals surface area contributed by atoms with Crippen molar-refractivity contribution in [3.8, 4) is 11.5 Å². The Morgan fingerprint density at radius 2 is 1.68 bits per heavy atom. The van der Waals surface area contributed by atoms with E-state index in [0.29, 0.717) is 6.10 Å². The summed E-state index contributed by atoms with van der Waals surface area (Å²) in [7, 11) is 3.22. The van der Waals surface area contributed by atoms with Gasteiger partial charge in [0.15, 0.2) is 13.6 Å². The van der Waals surface area contributed by atoms with E-state index in [2.05, 4.69) is 26.8 Å². The molecule has 1 aromatic rings. The maximum absolute atomic E-state index is 5.68. The number of hydrogen-bond acceptors (Lipinski definition) is 5. The normalized spacial score (nSPS) is 18.9. The van der Waals surface area contributed by atoms with E-state index >= 15 is 0 Å². The lowest BCUT2D eigenvalue weighted by molar-refractivity contribution is 0.0448. The Kier molecular flexibility index (Phi) is 7.29. The van der Waals surface area contributed by atoms with Crippen molar-refractivity contribution in [2.24, 2.45) is 0 Å². The van der Waals surface area contributed by atoms with Crippen molar-refractivity contribution in [2.75, 3.05) is 27.8 Å². The summed E-state index contributed by atoms with van der Waals surface area (Å²) in [4.78, 5) is 0. The summed E-state index contributed by atoms with van der Waals surface area (Å²) >= 11 is 0. The second-order valence-corrected chi connectivity index (χ2v) is 6.84. The first-order valence-corrected chi connectivity index (χ1v) is 8.66. The Morgan fingerprint density at radius 3 is 2.16 bits per heavy atom. The van der Waals surface area contributed by atoms with Crippen LogP contribution in [0.1, 0.15) is 39.2 Å². The van der Waals surface area contributed by atoms with Gasteiger partial charge in [-0.15, -0.1) is 0 Å². The smallest absolute Gasteiger partial charge is 0.188 e. The summed E-state index contributed by atoms with van der Waals surface area (Å²) in [6.07, 6.45) is 5.44. The van der Waals surface area contributed by atoms with Crippen LogP contribution in [0, 0.1) is 0 Å². The van der Waals surface area contributed by atoms with Crippen LogP contribution < -0.4 is 9.47 Å². The molecule has 1 heterocycles. The van der Waals surface area contributed by atoms with Crippen molar-refractivity contribution < 1.29 is 23.7 Å². The predicted molar refractivity (Wildman–Crippen MR) is 97.1 cm³/mol. The van der Waals surface area contributed by atoms with Crippen LogP contribution in [0.3, 0.4) is 0 Å². The Hall–Kier alpha value is -1.56. The van der Waals surface area contributed by atoms with Crippen LogP contribution in [-0.2, 0) is 20.6 Å². The van der Waals surface area contributed by atoms with Gasteiger partial charge in [-0.3, -0.25) is 0 Å². The molecule has 5 nitrogen and oxygen atoms in total. The maximum atomic E-state index is 5.68. The molecule has 0 spiro atoms. The van der Waals surface area contributed by atoms with Crippen LogP contribution in [-0.4, -0.2) is 39.5 Å². The minimum Gasteiger partial charge on any atom is -0.467 e. The zero-order valence-electron chi connectivity index (χ0n) is 16.0. The number of methoxy groups -OCH3 is 2. The molecule has 0 amide bonds. The Bertz CT molecular complexity index is 553. The number of epoxide rings is 1. The summed E-state index contributed by atoms with van der Waals surface area (Å²) in [6, 6.07) is 5.76. The number of rotatable bonds is 11. The zero-order valence-corrected chi connectivity index (χ0v) is 16.0. The molecular formula is C20H30O5. The van der Waals surface area contributed by atoms with Crippen LogP contribution in [0.4, 0.5) is 0 Å². The Labute approximate surface area is 150 Å². The molecule has 5 heteroatoms. The van der Waals surface area contributed by atoms with Gasteiger partial charge in [-0.2, -0.15) is 0 Å². The fraction of sp³-hybridized carbons (Fsp3) is 0.600. The summed E-state index contributed by atoms with van der Waals surface area (Å²) < 4.78 is 27.1. The monoisotopic (exact) mass is 350 g/mol. The van der Waals surface area contributed by atoms with Crippen molar-refractivity contribution in [1.29, 1.82) is 0 Å². The second kappa shape index (κ2) is 9.22. The van der Waals surface area contributed by atoms with Gasteiger partial charge in [-0.25, -0.2) is 0 Å². The molecule has 0 radical (unpaired) electrons. The number of benzene rings is 1. The fourth-order valence-electron chi connectivity index (χ4n) is 2.74. The predicted octanol–water partition coefficient (Wildman–Crippen LogP) is 4.10. The van der Waals surface area contributed by atoms with Gasteiger partial charge in [0, 0.05) is 19.8 Å². The van der Waals surface area contributed by atoms with Crippen molar-refractivity contribution in [3.63, 3.8) is 0 Å². The van der Waals surface area contributed by atoms with Gasteiger partial charge in [0.05, 0.1) is 11.7 Å². The van der Waals surface area contributed by atoms with Gasteiger partial charge in [0.2, 0.25) is 0 Å². The lowest BCUT2D eigenvalue weighted by Gasteiger charge is -2.15. The SMILES string of the molecule is COCOc1cccc(OCOC)c1C/C=C(\C)CCC1OC1(C)C. The summed E-state index contributed by atoms with van der Waals surface area (Å²) in [5.41, 5.74) is 2.40. The molecule has 2 rings (SSSR count). The number of ether oxygens (including phenoxy) is 5. The lowest BCUT2D eigenvalue weighted by Crippen LogP contribution is -2.06. The molecular weight excluding hydrogens is 320 g/mol. The standard InChI is InChI=1S/C20H30O5/c1-15(10-12-19-20(2,3)25-19)9-11-16-17(23-13-21-4)7-6-8-18(16)24-14-22-5/h6-9,19H,10-14H2,1-5H3/b15-9+. The van der Waals surface area contributed by atoms with Gasteiger partial charge in [-0.1, -0.05) is 17.7 Å². The minimum atomic E-state index is 0.0576. The van der Waals surface area contributed by atoms with Crippen molar-refractivity contribution in [2.45, 2.75) is 51.7 Å². The largest absolute Gasteiger partial charge is 0.467 e. The van der Waals surface area contributed by atoms with Crippen molar-refractivity contribution in [1.82, 2.24) is 0 Å². The molecule has 0 N–H and O–H groups in total. The van der Waals surface area contributed by atoms with Gasteiger partial charge >= 0.3 is 0 Å². The third kappa shape index (κ3) is 6.03. The molecule has 0 bridgehead atoms. The summed E-state index contributed by atoms with van der Waals surface area (Å²) in [5, 5.41) is 0. The zero-order chi connectivity index (χ0) is 18.3. The average molecular weight is 350 g/mol. The summed E-state index contributed by atoms with van der Waals surface area (Å²) in [5.74, 6) is 1.54. The Balaban J connectivity index is 2.02. The first kappa shape index (κ1) is 19.8. The van der Waals surface area contributed by atoms with Gasteiger partial charge in [0.25, 0.3) is 0 Å². The van der Waals surface area contributed by atoms with E-state index in [0.717, 1.165) is 36.3 Å². The van der Waals surface area contributed by atoms with E-state index in [-0.39, 0.29) is 19.2 Å². The molecule has 1 aliphatic rings. The Morgan fingerprint density at radius 1 is 1.12 bits per heavy atom. The average Bonchev–Trinajstić information content (AvgIpc) is 3.21. The lowest BCUT2D eigenvalue weighted by atomic mass is 10.0. The van der Waals surface area contributed by atoms with Crippen LogP contribution in [0.25, 0.3) is 0 Å². The number of allylic oxidation sites excluding steroid dienone is 2. The van der Waals surface area contributed by atoms with Gasteiger partial charge in [0.1, 0.15) is 11.5 Å². The minimum absolute atomic E-state index is 0.0576. The highest BCUT2D eigenvalue weighted by Crippen LogP contribution is 2.39. The topological polar surface area (TPSA) is 49.5 Å². The molecule has 1 atom stereocenters. The van der Waals surface area contributed by atoms with Gasteiger partial charge < -0.3 is 23.7 Å². The van der Waals surface area contributed by atoms with E-state index < -0.39 is 0 Å².